The molecule has 1 heterocycles. The molecule has 7 nitrogen and oxygen atoms in total. The first-order chi connectivity index (χ1) is 17.6. The summed E-state index contributed by atoms with van der Waals surface area (Å²) in [5.41, 5.74) is 1.50. The third-order valence-corrected chi connectivity index (χ3v) is 6.73. The molecule has 3 aromatic carbocycles. The van der Waals surface area contributed by atoms with E-state index in [1.165, 1.54) is 12.1 Å². The quantitative estimate of drug-likeness (QED) is 0.518. The summed E-state index contributed by atoms with van der Waals surface area (Å²) in [6, 6.07) is 22.4. The SMILES string of the molecule is O=C(NC1CCCC1)[C@@H](c1ccc(O)cc1)N(Cc1ccccc1)C(=O)[C@H]1COc2ccccc2O1. The van der Waals surface area contributed by atoms with Gasteiger partial charge in [0.2, 0.25) is 12.0 Å². The van der Waals surface area contributed by atoms with Crippen molar-refractivity contribution in [2.75, 3.05) is 6.61 Å². The fraction of sp³-hybridized carbons (Fsp3) is 0.310. The number of hydrogen-bond donors (Lipinski definition) is 2. The van der Waals surface area contributed by atoms with Crippen LogP contribution < -0.4 is 14.8 Å². The second kappa shape index (κ2) is 10.7. The summed E-state index contributed by atoms with van der Waals surface area (Å²) < 4.78 is 11.9. The highest BCUT2D eigenvalue weighted by molar-refractivity contribution is 5.91. The number of rotatable bonds is 7. The Hall–Kier alpha value is -4.00. The lowest BCUT2D eigenvalue weighted by molar-refractivity contribution is -0.149. The number of phenolic OH excluding ortho intramolecular Hbond substituents is 1. The minimum Gasteiger partial charge on any atom is -0.508 e. The van der Waals surface area contributed by atoms with Crippen LogP contribution in [0.4, 0.5) is 0 Å². The zero-order valence-electron chi connectivity index (χ0n) is 20.0. The summed E-state index contributed by atoms with van der Waals surface area (Å²) in [6.45, 7) is 0.262. The molecule has 2 N–H and O–H groups in total. The van der Waals surface area contributed by atoms with Crippen molar-refractivity contribution in [1.82, 2.24) is 10.2 Å². The maximum atomic E-state index is 14.0. The number of carbonyl (C=O) groups is 2. The molecule has 0 saturated heterocycles. The molecule has 3 aromatic rings. The number of amides is 2. The molecule has 36 heavy (non-hydrogen) atoms. The summed E-state index contributed by atoms with van der Waals surface area (Å²) in [4.78, 5) is 29.4. The number of hydrogen-bond acceptors (Lipinski definition) is 5. The zero-order chi connectivity index (χ0) is 24.9. The number of ether oxygens (including phenoxy) is 2. The van der Waals surface area contributed by atoms with E-state index in [2.05, 4.69) is 5.32 Å². The highest BCUT2D eigenvalue weighted by atomic mass is 16.6. The number of carbonyl (C=O) groups excluding carboxylic acids is 2. The number of para-hydroxylation sites is 2. The van der Waals surface area contributed by atoms with E-state index in [0.717, 1.165) is 31.2 Å². The van der Waals surface area contributed by atoms with Crippen molar-refractivity contribution in [3.05, 3.63) is 90.0 Å². The summed E-state index contributed by atoms with van der Waals surface area (Å²) >= 11 is 0. The number of nitrogens with one attached hydrogen (secondary N) is 1. The van der Waals surface area contributed by atoms with Gasteiger partial charge in [0, 0.05) is 12.6 Å². The Bertz CT molecular complexity index is 1190. The van der Waals surface area contributed by atoms with Gasteiger partial charge in [-0.15, -0.1) is 0 Å². The number of aromatic hydroxyl groups is 1. The fourth-order valence-corrected chi connectivity index (χ4v) is 4.88. The van der Waals surface area contributed by atoms with E-state index < -0.39 is 12.1 Å². The number of phenols is 1. The van der Waals surface area contributed by atoms with Gasteiger partial charge in [0.15, 0.2) is 11.5 Å². The highest BCUT2D eigenvalue weighted by Gasteiger charge is 2.38. The van der Waals surface area contributed by atoms with Gasteiger partial charge < -0.3 is 24.8 Å². The molecule has 5 rings (SSSR count). The first-order valence-electron chi connectivity index (χ1n) is 12.4. The molecule has 186 valence electrons. The zero-order valence-corrected chi connectivity index (χ0v) is 20.0. The first kappa shape index (κ1) is 23.7. The maximum Gasteiger partial charge on any atom is 0.268 e. The van der Waals surface area contributed by atoms with Crippen LogP contribution in [0, 0.1) is 0 Å². The van der Waals surface area contributed by atoms with Crippen LogP contribution in [0.1, 0.15) is 42.9 Å². The van der Waals surface area contributed by atoms with Crippen molar-refractivity contribution in [2.24, 2.45) is 0 Å². The van der Waals surface area contributed by atoms with Crippen molar-refractivity contribution in [2.45, 2.75) is 50.4 Å². The monoisotopic (exact) mass is 486 g/mol. The Kier molecular flexibility index (Phi) is 7.07. The van der Waals surface area contributed by atoms with Crippen molar-refractivity contribution in [3.8, 4) is 17.2 Å². The molecule has 2 atom stereocenters. The van der Waals surface area contributed by atoms with Gasteiger partial charge in [-0.25, -0.2) is 0 Å². The van der Waals surface area contributed by atoms with Gasteiger partial charge in [-0.2, -0.15) is 0 Å². The Balaban J connectivity index is 1.50. The molecule has 1 aliphatic carbocycles. The van der Waals surface area contributed by atoms with E-state index in [1.54, 1.807) is 29.2 Å². The van der Waals surface area contributed by atoms with Crippen molar-refractivity contribution in [1.29, 1.82) is 0 Å². The topological polar surface area (TPSA) is 88.1 Å². The molecule has 1 aliphatic heterocycles. The van der Waals surface area contributed by atoms with Crippen LogP contribution >= 0.6 is 0 Å². The summed E-state index contributed by atoms with van der Waals surface area (Å²) in [7, 11) is 0. The lowest BCUT2D eigenvalue weighted by Crippen LogP contribution is -2.51. The number of benzene rings is 3. The second-order valence-corrected chi connectivity index (χ2v) is 9.30. The van der Waals surface area contributed by atoms with E-state index in [4.69, 9.17) is 9.47 Å². The molecule has 0 bridgehead atoms. The molecule has 2 aliphatic rings. The van der Waals surface area contributed by atoms with E-state index in [0.29, 0.717) is 17.1 Å². The Morgan fingerprint density at radius 1 is 0.917 bits per heavy atom. The highest BCUT2D eigenvalue weighted by Crippen LogP contribution is 2.33. The van der Waals surface area contributed by atoms with Crippen LogP contribution in [0.3, 0.4) is 0 Å². The minimum atomic E-state index is -0.903. The van der Waals surface area contributed by atoms with Crippen LogP contribution in [0.2, 0.25) is 0 Å². The van der Waals surface area contributed by atoms with E-state index in [1.807, 2.05) is 42.5 Å². The van der Waals surface area contributed by atoms with Gasteiger partial charge in [0.05, 0.1) is 0 Å². The van der Waals surface area contributed by atoms with Gasteiger partial charge >= 0.3 is 0 Å². The maximum absolute atomic E-state index is 14.0. The molecule has 0 radical (unpaired) electrons. The molecule has 0 spiro atoms. The van der Waals surface area contributed by atoms with Crippen LogP contribution in [-0.2, 0) is 16.1 Å². The van der Waals surface area contributed by atoms with Crippen molar-refractivity contribution < 1.29 is 24.2 Å². The molecule has 2 amide bonds. The molecular weight excluding hydrogens is 456 g/mol. The Labute approximate surface area is 210 Å². The standard InChI is InChI=1S/C29H30N2O5/c32-23-16-14-21(15-17-23)27(28(33)30-22-10-4-5-11-22)31(18-20-8-2-1-3-9-20)29(34)26-19-35-24-12-6-7-13-25(24)36-26/h1-3,6-9,12-17,22,26-27,32H,4-5,10-11,18-19H2,(H,30,33)/t26-,27-/m1/s1. The Morgan fingerprint density at radius 2 is 1.58 bits per heavy atom. The van der Waals surface area contributed by atoms with Crippen molar-refractivity contribution in [3.63, 3.8) is 0 Å². The lowest BCUT2D eigenvalue weighted by atomic mass is 10.0. The first-order valence-corrected chi connectivity index (χ1v) is 12.4. The van der Waals surface area contributed by atoms with Crippen LogP contribution in [0.15, 0.2) is 78.9 Å². The average molecular weight is 487 g/mol. The van der Waals surface area contributed by atoms with Crippen LogP contribution in [0.25, 0.3) is 0 Å². The molecule has 0 unspecified atom stereocenters. The van der Waals surface area contributed by atoms with Gasteiger partial charge in [0.25, 0.3) is 5.91 Å². The third kappa shape index (κ3) is 5.30. The van der Waals surface area contributed by atoms with Crippen molar-refractivity contribution >= 4 is 11.8 Å². The summed E-state index contributed by atoms with van der Waals surface area (Å²) in [5, 5.41) is 13.0. The van der Waals surface area contributed by atoms with E-state index in [9.17, 15) is 14.7 Å². The number of fused-ring (bicyclic) bond motifs is 1. The molecular formula is C29H30N2O5. The lowest BCUT2D eigenvalue weighted by Gasteiger charge is -2.36. The fourth-order valence-electron chi connectivity index (χ4n) is 4.88. The minimum absolute atomic E-state index is 0.0493. The van der Waals surface area contributed by atoms with E-state index in [-0.39, 0.29) is 36.8 Å². The predicted molar refractivity (Wildman–Crippen MR) is 135 cm³/mol. The van der Waals surface area contributed by atoms with Gasteiger partial charge in [-0.3, -0.25) is 9.59 Å². The van der Waals surface area contributed by atoms with Crippen LogP contribution in [-0.4, -0.2) is 40.6 Å². The summed E-state index contributed by atoms with van der Waals surface area (Å²) in [5.74, 6) is 0.598. The second-order valence-electron chi connectivity index (χ2n) is 9.30. The summed E-state index contributed by atoms with van der Waals surface area (Å²) in [6.07, 6.45) is 3.11. The molecule has 0 aromatic heterocycles. The predicted octanol–water partition coefficient (Wildman–Crippen LogP) is 4.36. The smallest absolute Gasteiger partial charge is 0.268 e. The largest absolute Gasteiger partial charge is 0.508 e. The van der Waals surface area contributed by atoms with Crippen LogP contribution in [0.5, 0.6) is 17.2 Å². The van der Waals surface area contributed by atoms with Gasteiger partial charge in [-0.05, 0) is 48.2 Å². The van der Waals surface area contributed by atoms with Gasteiger partial charge in [0.1, 0.15) is 18.4 Å². The van der Waals surface area contributed by atoms with Gasteiger partial charge in [-0.1, -0.05) is 67.4 Å². The number of nitrogens with zero attached hydrogens (tertiary/aromatic N) is 1. The average Bonchev–Trinajstić information content (AvgIpc) is 3.42. The normalized spacial score (nSPS) is 17.8. The Morgan fingerprint density at radius 3 is 2.31 bits per heavy atom. The third-order valence-electron chi connectivity index (χ3n) is 6.73. The molecule has 7 heteroatoms. The molecule has 1 saturated carbocycles. The van der Waals surface area contributed by atoms with E-state index >= 15 is 0 Å². The molecule has 1 fully saturated rings.